The van der Waals surface area contributed by atoms with Crippen LogP contribution in [0.15, 0.2) is 67.1 Å². The lowest BCUT2D eigenvalue weighted by atomic mass is 9.99. The number of hydrogen-bond acceptors (Lipinski definition) is 6. The minimum Gasteiger partial charge on any atom is -0.494 e. The summed E-state index contributed by atoms with van der Waals surface area (Å²) in [5, 5.41) is 10.2. The van der Waals surface area contributed by atoms with Gasteiger partial charge >= 0.3 is 0 Å². The number of pyridine rings is 1. The van der Waals surface area contributed by atoms with Gasteiger partial charge in [0.15, 0.2) is 0 Å². The molecule has 1 amide bonds. The van der Waals surface area contributed by atoms with Crippen molar-refractivity contribution in [2.45, 2.75) is 31.9 Å². The zero-order valence-electron chi connectivity index (χ0n) is 18.6. The monoisotopic (exact) mass is 443 g/mol. The Bertz CT molecular complexity index is 1270. The first-order chi connectivity index (χ1) is 16.2. The first-order valence-electron chi connectivity index (χ1n) is 11.0. The van der Waals surface area contributed by atoms with Gasteiger partial charge in [-0.05, 0) is 38.0 Å². The van der Waals surface area contributed by atoms with Crippen molar-refractivity contribution >= 4 is 16.7 Å². The van der Waals surface area contributed by atoms with Crippen LogP contribution in [0.5, 0.6) is 11.6 Å². The molecule has 4 aromatic rings. The Labute approximate surface area is 191 Å². The molecule has 5 rings (SSSR count). The molecule has 1 aliphatic rings. The van der Waals surface area contributed by atoms with Crippen molar-refractivity contribution in [1.82, 2.24) is 24.9 Å². The topological polar surface area (TPSA) is 82.4 Å². The number of carbonyl (C=O) groups is 1. The number of fused-ring (bicyclic) bond motifs is 1. The van der Waals surface area contributed by atoms with Gasteiger partial charge in [0.25, 0.3) is 5.91 Å². The Balaban J connectivity index is 1.40. The molecule has 168 valence electrons. The van der Waals surface area contributed by atoms with E-state index in [1.54, 1.807) is 25.7 Å². The Hall–Kier alpha value is -3.94. The smallest absolute Gasteiger partial charge is 0.256 e. The van der Waals surface area contributed by atoms with Crippen LogP contribution >= 0.6 is 0 Å². The van der Waals surface area contributed by atoms with E-state index in [1.807, 2.05) is 53.4 Å². The maximum Gasteiger partial charge on any atom is 0.256 e. The first-order valence-corrected chi connectivity index (χ1v) is 11.0. The van der Waals surface area contributed by atoms with E-state index in [1.165, 1.54) is 4.80 Å². The van der Waals surface area contributed by atoms with Crippen LogP contribution in [0.4, 0.5) is 0 Å². The number of para-hydroxylation sites is 1. The zero-order chi connectivity index (χ0) is 22.8. The van der Waals surface area contributed by atoms with Crippen molar-refractivity contribution in [3.05, 3.63) is 72.7 Å². The van der Waals surface area contributed by atoms with E-state index < -0.39 is 0 Å². The predicted molar refractivity (Wildman–Crippen MR) is 124 cm³/mol. The molecule has 8 heteroatoms. The second-order valence-electron chi connectivity index (χ2n) is 8.14. The lowest BCUT2D eigenvalue weighted by Gasteiger charge is -2.38. The summed E-state index contributed by atoms with van der Waals surface area (Å²) in [4.78, 5) is 21.4. The molecule has 2 aromatic heterocycles. The number of likely N-dealkylation sites (tertiary alicyclic amines) is 1. The Morgan fingerprint density at radius 1 is 1.00 bits per heavy atom. The van der Waals surface area contributed by atoms with Gasteiger partial charge in [0.2, 0.25) is 5.88 Å². The summed E-state index contributed by atoms with van der Waals surface area (Å²) in [6.45, 7) is 2.55. The summed E-state index contributed by atoms with van der Waals surface area (Å²) in [6.07, 6.45) is 6.40. The SMILES string of the molecule is COc1cnc(O[C@@H]2CC[C@H](C)N(C(=O)c3ccccc3-n3nccn3)C2)c2ccccc12. The summed E-state index contributed by atoms with van der Waals surface area (Å²) in [5.74, 6) is 1.20. The number of methoxy groups -OCH3 is 1. The minimum atomic E-state index is -0.163. The fourth-order valence-corrected chi connectivity index (χ4v) is 4.33. The van der Waals surface area contributed by atoms with Crippen LogP contribution < -0.4 is 9.47 Å². The van der Waals surface area contributed by atoms with E-state index in [2.05, 4.69) is 22.1 Å². The molecular formula is C25H25N5O3. The van der Waals surface area contributed by atoms with Gasteiger partial charge in [-0.25, -0.2) is 4.98 Å². The van der Waals surface area contributed by atoms with Gasteiger partial charge in [-0.1, -0.05) is 30.3 Å². The van der Waals surface area contributed by atoms with Crippen LogP contribution in [0.1, 0.15) is 30.1 Å². The van der Waals surface area contributed by atoms with Crippen molar-refractivity contribution < 1.29 is 14.3 Å². The molecule has 33 heavy (non-hydrogen) atoms. The molecule has 8 nitrogen and oxygen atoms in total. The lowest BCUT2D eigenvalue weighted by molar-refractivity contribution is 0.0377. The summed E-state index contributed by atoms with van der Waals surface area (Å²) in [5.41, 5.74) is 1.22. The van der Waals surface area contributed by atoms with E-state index >= 15 is 0 Å². The fraction of sp³-hybridized carbons (Fsp3) is 0.280. The third kappa shape index (κ3) is 4.00. The van der Waals surface area contributed by atoms with Gasteiger partial charge < -0.3 is 14.4 Å². The van der Waals surface area contributed by atoms with E-state index in [-0.39, 0.29) is 18.1 Å². The third-order valence-corrected chi connectivity index (χ3v) is 6.09. The van der Waals surface area contributed by atoms with Gasteiger partial charge in [-0.2, -0.15) is 15.0 Å². The van der Waals surface area contributed by atoms with Gasteiger partial charge in [0, 0.05) is 16.8 Å². The van der Waals surface area contributed by atoms with E-state index in [0.29, 0.717) is 29.4 Å². The fourth-order valence-electron chi connectivity index (χ4n) is 4.33. The first kappa shape index (κ1) is 20.9. The molecule has 2 atom stereocenters. The highest BCUT2D eigenvalue weighted by Gasteiger charge is 2.32. The average molecular weight is 444 g/mol. The highest BCUT2D eigenvalue weighted by Crippen LogP contribution is 2.32. The molecule has 0 N–H and O–H groups in total. The van der Waals surface area contributed by atoms with Crippen LogP contribution in [-0.4, -0.2) is 56.6 Å². The molecule has 0 unspecified atom stereocenters. The van der Waals surface area contributed by atoms with Crippen molar-refractivity contribution in [3.8, 4) is 17.3 Å². The van der Waals surface area contributed by atoms with E-state index in [9.17, 15) is 4.79 Å². The molecule has 0 bridgehead atoms. The average Bonchev–Trinajstić information content (AvgIpc) is 3.40. The Kier molecular flexibility index (Phi) is 5.64. The second-order valence-corrected chi connectivity index (χ2v) is 8.14. The normalized spacial score (nSPS) is 18.3. The van der Waals surface area contributed by atoms with Gasteiger partial charge in [-0.3, -0.25) is 4.79 Å². The number of carbonyl (C=O) groups excluding carboxylic acids is 1. The number of ether oxygens (including phenoxy) is 2. The maximum absolute atomic E-state index is 13.6. The van der Waals surface area contributed by atoms with Crippen LogP contribution in [0.3, 0.4) is 0 Å². The number of amides is 1. The number of aromatic nitrogens is 4. The van der Waals surface area contributed by atoms with Crippen molar-refractivity contribution in [2.24, 2.45) is 0 Å². The zero-order valence-corrected chi connectivity index (χ0v) is 18.6. The van der Waals surface area contributed by atoms with Crippen LogP contribution in [0, 0.1) is 0 Å². The van der Waals surface area contributed by atoms with E-state index in [0.717, 1.165) is 23.6 Å². The number of nitrogens with zero attached hydrogens (tertiary/aromatic N) is 5. The third-order valence-electron chi connectivity index (χ3n) is 6.09. The molecule has 2 aromatic carbocycles. The largest absolute Gasteiger partial charge is 0.494 e. The van der Waals surface area contributed by atoms with Crippen molar-refractivity contribution in [1.29, 1.82) is 0 Å². The summed E-state index contributed by atoms with van der Waals surface area (Å²) in [7, 11) is 1.63. The number of benzene rings is 2. The molecule has 0 saturated carbocycles. The second kappa shape index (κ2) is 8.90. The van der Waals surface area contributed by atoms with Gasteiger partial charge in [0.1, 0.15) is 11.9 Å². The Morgan fingerprint density at radius 3 is 2.52 bits per heavy atom. The number of piperidine rings is 1. The Morgan fingerprint density at radius 2 is 1.73 bits per heavy atom. The predicted octanol–water partition coefficient (Wildman–Crippen LogP) is 3.90. The molecule has 0 aliphatic carbocycles. The molecular weight excluding hydrogens is 418 g/mol. The maximum atomic E-state index is 13.6. The number of hydrogen-bond donors (Lipinski definition) is 0. The van der Waals surface area contributed by atoms with Crippen LogP contribution in [0.2, 0.25) is 0 Å². The molecule has 3 heterocycles. The summed E-state index contributed by atoms with van der Waals surface area (Å²) in [6, 6.07) is 15.4. The lowest BCUT2D eigenvalue weighted by Crippen LogP contribution is -2.49. The molecule has 0 radical (unpaired) electrons. The molecule has 1 saturated heterocycles. The van der Waals surface area contributed by atoms with Crippen molar-refractivity contribution in [3.63, 3.8) is 0 Å². The quantitative estimate of drug-likeness (QED) is 0.465. The minimum absolute atomic E-state index is 0.0590. The van der Waals surface area contributed by atoms with Gasteiger partial charge in [-0.15, -0.1) is 0 Å². The van der Waals surface area contributed by atoms with E-state index in [4.69, 9.17) is 9.47 Å². The van der Waals surface area contributed by atoms with Crippen molar-refractivity contribution in [2.75, 3.05) is 13.7 Å². The highest BCUT2D eigenvalue weighted by atomic mass is 16.5. The molecule has 0 spiro atoms. The van der Waals surface area contributed by atoms with Gasteiger partial charge in [0.05, 0.1) is 43.5 Å². The summed E-state index contributed by atoms with van der Waals surface area (Å²) >= 11 is 0. The van der Waals surface area contributed by atoms with Crippen LogP contribution in [0.25, 0.3) is 16.5 Å². The molecule has 1 aliphatic heterocycles. The highest BCUT2D eigenvalue weighted by molar-refractivity contribution is 5.98. The standard InChI is InChI=1S/C25H25N5O3/c1-17-11-12-18(33-24-20-8-4-3-7-19(20)23(32-2)15-26-24)16-29(17)25(31)21-9-5-6-10-22(21)30-27-13-14-28-30/h3-10,13-15,17-18H,11-12,16H2,1-2H3/t17-,18+/m0/s1. The summed E-state index contributed by atoms with van der Waals surface area (Å²) < 4.78 is 11.8. The number of rotatable bonds is 5. The molecule has 1 fully saturated rings. The van der Waals surface area contributed by atoms with Crippen LogP contribution in [-0.2, 0) is 0 Å².